The second-order valence-corrected chi connectivity index (χ2v) is 7.77. The van der Waals surface area contributed by atoms with E-state index in [0.717, 1.165) is 5.56 Å². The molecule has 2 aliphatic heterocycles. The SMILES string of the molecule is Cc1ccc(CNC(=O)c2cn3c(c(O)c2=O)C(=O)N2C[C@@H]3CC=C[C@@H]2C)c(F)c1. The van der Waals surface area contributed by atoms with Gasteiger partial charge in [-0.1, -0.05) is 24.3 Å². The van der Waals surface area contributed by atoms with Crippen molar-refractivity contribution >= 4 is 11.8 Å². The Morgan fingerprint density at radius 3 is 2.83 bits per heavy atom. The van der Waals surface area contributed by atoms with E-state index in [2.05, 4.69) is 5.32 Å². The molecule has 4 rings (SSSR count). The molecule has 1 aromatic carbocycles. The number of amides is 2. The molecule has 2 N–H and O–H groups in total. The Bertz CT molecular complexity index is 1140. The number of benzene rings is 1. The summed E-state index contributed by atoms with van der Waals surface area (Å²) in [5, 5.41) is 13.0. The first-order valence-electron chi connectivity index (χ1n) is 9.77. The smallest absolute Gasteiger partial charge is 0.275 e. The number of carbonyl (C=O) groups excluding carboxylic acids is 2. The number of nitrogens with one attached hydrogen (secondary N) is 1. The molecule has 0 spiro atoms. The lowest BCUT2D eigenvalue weighted by Gasteiger charge is -2.37. The zero-order chi connectivity index (χ0) is 21.6. The maximum Gasteiger partial charge on any atom is 0.275 e. The van der Waals surface area contributed by atoms with Gasteiger partial charge in [0.15, 0.2) is 11.4 Å². The Morgan fingerprint density at radius 2 is 2.10 bits per heavy atom. The highest BCUT2D eigenvalue weighted by Crippen LogP contribution is 2.31. The molecule has 2 aliphatic rings. The zero-order valence-corrected chi connectivity index (χ0v) is 16.7. The van der Waals surface area contributed by atoms with Crippen LogP contribution in [0.2, 0.25) is 0 Å². The maximum absolute atomic E-state index is 14.0. The van der Waals surface area contributed by atoms with Crippen LogP contribution in [-0.2, 0) is 6.54 Å². The number of aryl methyl sites for hydroxylation is 1. The average molecular weight is 411 g/mol. The van der Waals surface area contributed by atoms with Gasteiger partial charge in [0.05, 0.1) is 6.04 Å². The minimum absolute atomic E-state index is 0.104. The number of pyridine rings is 1. The lowest BCUT2D eigenvalue weighted by Crippen LogP contribution is -2.47. The molecular formula is C22H22FN3O4. The van der Waals surface area contributed by atoms with Crippen LogP contribution in [0.5, 0.6) is 5.75 Å². The summed E-state index contributed by atoms with van der Waals surface area (Å²) in [4.78, 5) is 39.8. The number of carbonyl (C=O) groups is 2. The van der Waals surface area contributed by atoms with Crippen LogP contribution >= 0.6 is 0 Å². The van der Waals surface area contributed by atoms with Gasteiger partial charge in [-0.2, -0.15) is 0 Å². The van der Waals surface area contributed by atoms with Crippen LogP contribution in [0.15, 0.2) is 41.3 Å². The van der Waals surface area contributed by atoms with E-state index in [1.807, 2.05) is 19.1 Å². The van der Waals surface area contributed by atoms with E-state index in [1.54, 1.807) is 24.0 Å². The molecule has 2 bridgehead atoms. The highest BCUT2D eigenvalue weighted by Gasteiger charge is 2.37. The summed E-state index contributed by atoms with van der Waals surface area (Å²) in [6, 6.07) is 4.29. The topological polar surface area (TPSA) is 91.6 Å². The lowest BCUT2D eigenvalue weighted by molar-refractivity contribution is 0.0629. The predicted molar refractivity (Wildman–Crippen MR) is 108 cm³/mol. The van der Waals surface area contributed by atoms with Crippen LogP contribution in [-0.4, -0.2) is 39.0 Å². The van der Waals surface area contributed by atoms with Crippen molar-refractivity contribution in [3.05, 3.63) is 75.0 Å². The Morgan fingerprint density at radius 1 is 1.33 bits per heavy atom. The van der Waals surface area contributed by atoms with Gasteiger partial charge in [0.1, 0.15) is 11.4 Å². The Hall–Kier alpha value is -3.42. The molecule has 8 heteroatoms. The molecule has 3 heterocycles. The molecule has 7 nitrogen and oxygen atoms in total. The van der Waals surface area contributed by atoms with Crippen molar-refractivity contribution in [1.82, 2.24) is 14.8 Å². The Kier molecular flexibility index (Phi) is 4.93. The summed E-state index contributed by atoms with van der Waals surface area (Å²) < 4.78 is 15.5. The largest absolute Gasteiger partial charge is 0.503 e. The van der Waals surface area contributed by atoms with Gasteiger partial charge in [-0.15, -0.1) is 0 Å². The molecule has 2 atom stereocenters. The summed E-state index contributed by atoms with van der Waals surface area (Å²) in [7, 11) is 0. The van der Waals surface area contributed by atoms with Gasteiger partial charge < -0.3 is 19.9 Å². The number of aromatic nitrogens is 1. The first kappa shape index (κ1) is 19.9. The summed E-state index contributed by atoms with van der Waals surface area (Å²) in [5.41, 5.74) is -0.271. The van der Waals surface area contributed by atoms with Crippen molar-refractivity contribution in [2.24, 2.45) is 0 Å². The van der Waals surface area contributed by atoms with Crippen LogP contribution in [0.1, 0.15) is 51.4 Å². The molecule has 1 aromatic heterocycles. The molecule has 0 saturated heterocycles. The van der Waals surface area contributed by atoms with Gasteiger partial charge in [-0.05, 0) is 31.9 Å². The molecule has 0 saturated carbocycles. The van der Waals surface area contributed by atoms with Gasteiger partial charge in [-0.25, -0.2) is 4.39 Å². The standard InChI is InChI=1S/C22H22FN3O4/c1-12-6-7-14(17(23)8-12)9-24-21(29)16-11-26-15-5-3-4-13(2)25(10-15)22(30)18(26)20(28)19(16)27/h3-4,6-8,11,13,15,28H,5,9-10H2,1-2H3,(H,24,29)/t13-,15-/m0/s1. The van der Waals surface area contributed by atoms with Crippen LogP contribution in [0, 0.1) is 12.7 Å². The number of hydrogen-bond acceptors (Lipinski definition) is 4. The highest BCUT2D eigenvalue weighted by molar-refractivity contribution is 5.99. The molecule has 0 radical (unpaired) electrons. The summed E-state index contributed by atoms with van der Waals surface area (Å²) >= 11 is 0. The van der Waals surface area contributed by atoms with Crippen molar-refractivity contribution < 1.29 is 19.1 Å². The van der Waals surface area contributed by atoms with Crippen molar-refractivity contribution in [3.63, 3.8) is 0 Å². The van der Waals surface area contributed by atoms with Gasteiger partial charge in [0.2, 0.25) is 5.43 Å². The normalized spacial score (nSPS) is 20.0. The van der Waals surface area contributed by atoms with E-state index in [4.69, 9.17) is 0 Å². The molecular weight excluding hydrogens is 389 g/mol. The predicted octanol–water partition coefficient (Wildman–Crippen LogP) is 2.28. The van der Waals surface area contributed by atoms with E-state index in [9.17, 15) is 23.9 Å². The van der Waals surface area contributed by atoms with Gasteiger partial charge in [0, 0.05) is 30.9 Å². The van der Waals surface area contributed by atoms with E-state index < -0.39 is 28.8 Å². The molecule has 2 aromatic rings. The van der Waals surface area contributed by atoms with Gasteiger partial charge in [-0.3, -0.25) is 14.4 Å². The fraction of sp³-hybridized carbons (Fsp3) is 0.318. The lowest BCUT2D eigenvalue weighted by atomic mass is 10.1. The fourth-order valence-corrected chi connectivity index (χ4v) is 3.96. The van der Waals surface area contributed by atoms with Crippen molar-refractivity contribution in [1.29, 1.82) is 0 Å². The minimum Gasteiger partial charge on any atom is -0.503 e. The van der Waals surface area contributed by atoms with Crippen molar-refractivity contribution in [2.45, 2.75) is 38.9 Å². The second-order valence-electron chi connectivity index (χ2n) is 7.77. The molecule has 2 amide bonds. The van der Waals surface area contributed by atoms with E-state index >= 15 is 0 Å². The third-order valence-electron chi connectivity index (χ3n) is 5.68. The number of allylic oxidation sites excluding steroid dienone is 1. The number of halogens is 1. The van der Waals surface area contributed by atoms with Crippen LogP contribution < -0.4 is 10.7 Å². The summed E-state index contributed by atoms with van der Waals surface area (Å²) in [6.45, 7) is 3.93. The fourth-order valence-electron chi connectivity index (χ4n) is 3.96. The zero-order valence-electron chi connectivity index (χ0n) is 16.7. The first-order valence-corrected chi connectivity index (χ1v) is 9.77. The van der Waals surface area contributed by atoms with Gasteiger partial charge in [0.25, 0.3) is 11.8 Å². The third-order valence-corrected chi connectivity index (χ3v) is 5.68. The quantitative estimate of drug-likeness (QED) is 0.758. The van der Waals surface area contributed by atoms with Crippen molar-refractivity contribution in [3.8, 4) is 5.75 Å². The third kappa shape index (κ3) is 3.28. The van der Waals surface area contributed by atoms with E-state index in [1.165, 1.54) is 16.8 Å². The molecule has 0 aliphatic carbocycles. The Balaban J connectivity index is 1.67. The summed E-state index contributed by atoms with van der Waals surface area (Å²) in [6.07, 6.45) is 5.77. The van der Waals surface area contributed by atoms with Crippen molar-refractivity contribution in [2.75, 3.05) is 6.54 Å². The minimum atomic E-state index is -0.920. The van der Waals surface area contributed by atoms with Crippen LogP contribution in [0.25, 0.3) is 0 Å². The molecule has 0 fully saturated rings. The first-order chi connectivity index (χ1) is 14.3. The number of hydrogen-bond donors (Lipinski definition) is 2. The van der Waals surface area contributed by atoms with E-state index in [0.29, 0.717) is 13.0 Å². The maximum atomic E-state index is 14.0. The molecule has 156 valence electrons. The number of fused-ring (bicyclic) bond motifs is 4. The van der Waals surface area contributed by atoms with Crippen LogP contribution in [0.4, 0.5) is 4.39 Å². The monoisotopic (exact) mass is 411 g/mol. The van der Waals surface area contributed by atoms with Crippen LogP contribution in [0.3, 0.4) is 0 Å². The second kappa shape index (κ2) is 7.44. The molecule has 30 heavy (non-hydrogen) atoms. The van der Waals surface area contributed by atoms with Gasteiger partial charge >= 0.3 is 0 Å². The Labute approximate surface area is 172 Å². The summed E-state index contributed by atoms with van der Waals surface area (Å²) in [5.74, 6) is -2.38. The average Bonchev–Trinajstić information content (AvgIpc) is 2.87. The number of nitrogens with zero attached hydrogens (tertiary/aromatic N) is 2. The highest BCUT2D eigenvalue weighted by atomic mass is 19.1. The number of aromatic hydroxyl groups is 1. The number of rotatable bonds is 3. The molecule has 0 unspecified atom stereocenters. The van der Waals surface area contributed by atoms with E-state index in [-0.39, 0.29) is 35.4 Å².